The van der Waals surface area contributed by atoms with Gasteiger partial charge in [-0.2, -0.15) is 0 Å². The first kappa shape index (κ1) is 15.0. The zero-order valence-corrected chi connectivity index (χ0v) is 12.1. The van der Waals surface area contributed by atoms with E-state index < -0.39 is 0 Å². The quantitative estimate of drug-likeness (QED) is 0.737. The Balaban J connectivity index is 2.60. The van der Waals surface area contributed by atoms with Crippen LogP contribution in [0.4, 0.5) is 0 Å². The van der Waals surface area contributed by atoms with E-state index in [0.29, 0.717) is 23.8 Å². The SMILES string of the molecule is CCOc1ccc(Cl)cc1CCCC(=O)C(C)C. The lowest BCUT2D eigenvalue weighted by molar-refractivity contribution is -0.121. The fourth-order valence-electron chi connectivity index (χ4n) is 1.78. The van der Waals surface area contributed by atoms with Gasteiger partial charge in [-0.05, 0) is 43.5 Å². The predicted octanol–water partition coefficient (Wildman–Crippen LogP) is 4.29. The van der Waals surface area contributed by atoms with Gasteiger partial charge in [-0.15, -0.1) is 0 Å². The lowest BCUT2D eigenvalue weighted by atomic mass is 10.0. The van der Waals surface area contributed by atoms with Crippen molar-refractivity contribution in [3.8, 4) is 5.75 Å². The van der Waals surface area contributed by atoms with Crippen molar-refractivity contribution in [2.75, 3.05) is 6.61 Å². The van der Waals surface area contributed by atoms with Crippen molar-refractivity contribution in [2.24, 2.45) is 5.92 Å². The van der Waals surface area contributed by atoms with E-state index in [4.69, 9.17) is 16.3 Å². The number of carbonyl (C=O) groups excluding carboxylic acids is 1. The van der Waals surface area contributed by atoms with Crippen molar-refractivity contribution in [3.63, 3.8) is 0 Å². The Labute approximate surface area is 114 Å². The molecular weight excluding hydrogens is 248 g/mol. The van der Waals surface area contributed by atoms with Crippen LogP contribution in [0.5, 0.6) is 5.75 Å². The van der Waals surface area contributed by atoms with Crippen molar-refractivity contribution in [1.29, 1.82) is 0 Å². The van der Waals surface area contributed by atoms with E-state index in [1.807, 2.05) is 39.0 Å². The van der Waals surface area contributed by atoms with Crippen molar-refractivity contribution in [1.82, 2.24) is 0 Å². The van der Waals surface area contributed by atoms with Crippen LogP contribution in [0.25, 0.3) is 0 Å². The summed E-state index contributed by atoms with van der Waals surface area (Å²) in [5, 5.41) is 0.712. The van der Waals surface area contributed by atoms with Gasteiger partial charge in [0.05, 0.1) is 6.61 Å². The smallest absolute Gasteiger partial charge is 0.135 e. The molecule has 0 radical (unpaired) electrons. The van der Waals surface area contributed by atoms with Gasteiger partial charge in [0.1, 0.15) is 11.5 Å². The van der Waals surface area contributed by atoms with Crippen LogP contribution in [-0.2, 0) is 11.2 Å². The number of halogens is 1. The van der Waals surface area contributed by atoms with Crippen LogP contribution >= 0.6 is 11.6 Å². The number of aryl methyl sites for hydroxylation is 1. The Morgan fingerprint density at radius 1 is 1.39 bits per heavy atom. The predicted molar refractivity (Wildman–Crippen MR) is 75.4 cm³/mol. The molecule has 0 amide bonds. The molecule has 0 spiro atoms. The lowest BCUT2D eigenvalue weighted by Crippen LogP contribution is -2.07. The number of benzene rings is 1. The second kappa shape index (κ2) is 7.42. The van der Waals surface area contributed by atoms with Crippen molar-refractivity contribution >= 4 is 17.4 Å². The van der Waals surface area contributed by atoms with Crippen LogP contribution in [0.3, 0.4) is 0 Å². The van der Waals surface area contributed by atoms with E-state index >= 15 is 0 Å². The normalized spacial score (nSPS) is 10.7. The summed E-state index contributed by atoms with van der Waals surface area (Å²) < 4.78 is 5.55. The first-order valence-corrected chi connectivity index (χ1v) is 6.86. The summed E-state index contributed by atoms with van der Waals surface area (Å²) in [5.74, 6) is 1.31. The highest BCUT2D eigenvalue weighted by Gasteiger charge is 2.09. The van der Waals surface area contributed by atoms with Crippen LogP contribution < -0.4 is 4.74 Å². The Kier molecular flexibility index (Phi) is 6.20. The number of ether oxygens (including phenoxy) is 1. The number of hydrogen-bond donors (Lipinski definition) is 0. The average Bonchev–Trinajstić information content (AvgIpc) is 2.32. The van der Waals surface area contributed by atoms with Gasteiger partial charge in [-0.25, -0.2) is 0 Å². The third-order valence-electron chi connectivity index (χ3n) is 2.84. The van der Waals surface area contributed by atoms with Gasteiger partial charge in [0.25, 0.3) is 0 Å². The summed E-state index contributed by atoms with van der Waals surface area (Å²) in [6.07, 6.45) is 2.29. The molecule has 0 unspecified atom stereocenters. The Hall–Kier alpha value is -1.02. The highest BCUT2D eigenvalue weighted by molar-refractivity contribution is 6.30. The van der Waals surface area contributed by atoms with Crippen LogP contribution in [0.15, 0.2) is 18.2 Å². The fraction of sp³-hybridized carbons (Fsp3) is 0.533. The molecule has 0 aliphatic heterocycles. The molecule has 0 fully saturated rings. The lowest BCUT2D eigenvalue weighted by Gasteiger charge is -2.10. The molecule has 3 heteroatoms. The minimum Gasteiger partial charge on any atom is -0.494 e. The van der Waals surface area contributed by atoms with Gasteiger partial charge in [0, 0.05) is 17.4 Å². The van der Waals surface area contributed by atoms with E-state index in [2.05, 4.69) is 0 Å². The molecule has 0 saturated heterocycles. The summed E-state index contributed by atoms with van der Waals surface area (Å²) in [5.41, 5.74) is 1.08. The highest BCUT2D eigenvalue weighted by Crippen LogP contribution is 2.24. The van der Waals surface area contributed by atoms with Gasteiger partial charge in [0.2, 0.25) is 0 Å². The standard InChI is InChI=1S/C15H21ClO2/c1-4-18-15-9-8-13(16)10-12(15)6-5-7-14(17)11(2)3/h8-11H,4-7H2,1-3H3. The summed E-state index contributed by atoms with van der Waals surface area (Å²) >= 11 is 5.99. The maximum atomic E-state index is 11.6. The second-order valence-corrected chi connectivity index (χ2v) is 5.10. The molecule has 0 N–H and O–H groups in total. The minimum absolute atomic E-state index is 0.121. The van der Waals surface area contributed by atoms with E-state index in [1.165, 1.54) is 0 Å². The molecule has 0 aliphatic carbocycles. The zero-order chi connectivity index (χ0) is 13.5. The Bertz CT molecular complexity index is 399. The Morgan fingerprint density at radius 2 is 2.11 bits per heavy atom. The van der Waals surface area contributed by atoms with Crippen molar-refractivity contribution < 1.29 is 9.53 Å². The first-order valence-electron chi connectivity index (χ1n) is 6.48. The van der Waals surface area contributed by atoms with Crippen LogP contribution in [0.1, 0.15) is 39.2 Å². The third kappa shape index (κ3) is 4.69. The monoisotopic (exact) mass is 268 g/mol. The number of carbonyl (C=O) groups is 1. The van der Waals surface area contributed by atoms with Crippen LogP contribution in [0, 0.1) is 5.92 Å². The van der Waals surface area contributed by atoms with E-state index in [-0.39, 0.29) is 5.92 Å². The molecule has 18 heavy (non-hydrogen) atoms. The summed E-state index contributed by atoms with van der Waals surface area (Å²) in [6.45, 7) is 6.47. The highest BCUT2D eigenvalue weighted by atomic mass is 35.5. The second-order valence-electron chi connectivity index (χ2n) is 4.66. The van der Waals surface area contributed by atoms with Gasteiger partial charge in [-0.3, -0.25) is 4.79 Å². The molecular formula is C15H21ClO2. The maximum absolute atomic E-state index is 11.6. The molecule has 100 valence electrons. The number of Topliss-reactive ketones (excluding diaryl/α,β-unsaturated/α-hetero) is 1. The molecule has 0 saturated carbocycles. The largest absolute Gasteiger partial charge is 0.494 e. The molecule has 1 aromatic rings. The van der Waals surface area contributed by atoms with E-state index in [1.54, 1.807) is 0 Å². The minimum atomic E-state index is 0.121. The molecule has 0 atom stereocenters. The van der Waals surface area contributed by atoms with E-state index in [0.717, 1.165) is 24.2 Å². The number of ketones is 1. The summed E-state index contributed by atoms with van der Waals surface area (Å²) in [4.78, 5) is 11.6. The molecule has 1 rings (SSSR count). The Morgan fingerprint density at radius 3 is 2.72 bits per heavy atom. The number of hydrogen-bond acceptors (Lipinski definition) is 2. The maximum Gasteiger partial charge on any atom is 0.135 e. The van der Waals surface area contributed by atoms with Crippen LogP contribution in [-0.4, -0.2) is 12.4 Å². The van der Waals surface area contributed by atoms with Gasteiger partial charge >= 0.3 is 0 Å². The fourth-order valence-corrected chi connectivity index (χ4v) is 1.98. The topological polar surface area (TPSA) is 26.3 Å². The van der Waals surface area contributed by atoms with Crippen LogP contribution in [0.2, 0.25) is 5.02 Å². The summed E-state index contributed by atoms with van der Waals surface area (Å²) in [6, 6.07) is 5.65. The van der Waals surface area contributed by atoms with Crippen molar-refractivity contribution in [2.45, 2.75) is 40.0 Å². The van der Waals surface area contributed by atoms with Gasteiger partial charge in [0.15, 0.2) is 0 Å². The van der Waals surface area contributed by atoms with Gasteiger partial charge in [-0.1, -0.05) is 25.4 Å². The van der Waals surface area contributed by atoms with Gasteiger partial charge < -0.3 is 4.74 Å². The van der Waals surface area contributed by atoms with E-state index in [9.17, 15) is 4.79 Å². The summed E-state index contributed by atoms with van der Waals surface area (Å²) in [7, 11) is 0. The third-order valence-corrected chi connectivity index (χ3v) is 3.07. The molecule has 0 aliphatic rings. The number of rotatable bonds is 7. The molecule has 2 nitrogen and oxygen atoms in total. The molecule has 0 aromatic heterocycles. The molecule has 0 bridgehead atoms. The molecule has 0 heterocycles. The first-order chi connectivity index (χ1) is 8.54. The zero-order valence-electron chi connectivity index (χ0n) is 11.3. The average molecular weight is 269 g/mol. The molecule has 1 aromatic carbocycles. The van der Waals surface area contributed by atoms with Crippen molar-refractivity contribution in [3.05, 3.63) is 28.8 Å².